The Morgan fingerprint density at radius 1 is 1.00 bits per heavy atom. The van der Waals surface area contributed by atoms with Crippen LogP contribution in [0.4, 0.5) is 0 Å². The fourth-order valence-corrected chi connectivity index (χ4v) is 1.62. The highest BCUT2D eigenvalue weighted by Gasteiger charge is 2.17. The summed E-state index contributed by atoms with van der Waals surface area (Å²) in [6, 6.07) is 9.12. The third-order valence-electron chi connectivity index (χ3n) is 3.16. The van der Waals surface area contributed by atoms with Gasteiger partial charge in [0.1, 0.15) is 0 Å². The smallest absolute Gasteiger partial charge is 0.0106 e. The number of hydrogen-bond donors (Lipinski definition) is 0. The maximum atomic E-state index is 2.31. The molecule has 0 radical (unpaired) electrons. The van der Waals surface area contributed by atoms with Gasteiger partial charge in [0.2, 0.25) is 0 Å². The first-order chi connectivity index (χ1) is 6.60. The molecule has 1 rings (SSSR count). The second-order valence-corrected chi connectivity index (χ2v) is 4.68. The van der Waals surface area contributed by atoms with Gasteiger partial charge in [0, 0.05) is 0 Å². The lowest BCUT2D eigenvalue weighted by Crippen LogP contribution is -2.15. The first-order valence-corrected chi connectivity index (χ1v) is 5.69. The van der Waals surface area contributed by atoms with Gasteiger partial charge in [-0.3, -0.25) is 0 Å². The molecular weight excluding hydrogens is 168 g/mol. The molecule has 14 heavy (non-hydrogen) atoms. The van der Waals surface area contributed by atoms with Crippen LogP contribution < -0.4 is 0 Å². The fraction of sp³-hybridized carbons (Fsp3) is 0.571. The molecule has 0 aliphatic rings. The molecule has 0 saturated carbocycles. The van der Waals surface area contributed by atoms with Crippen molar-refractivity contribution in [3.63, 3.8) is 0 Å². The largest absolute Gasteiger partial charge is 0.0651 e. The summed E-state index contributed by atoms with van der Waals surface area (Å²) >= 11 is 0. The molecule has 0 unspecified atom stereocenters. The Morgan fingerprint density at radius 2 is 1.57 bits per heavy atom. The Balaban J connectivity index is 2.82. The first-order valence-electron chi connectivity index (χ1n) is 5.69. The summed E-state index contributed by atoms with van der Waals surface area (Å²) in [7, 11) is 0. The Labute approximate surface area is 88.4 Å². The van der Waals surface area contributed by atoms with Crippen molar-refractivity contribution < 1.29 is 0 Å². The molecule has 0 bridgehead atoms. The van der Waals surface area contributed by atoms with E-state index in [9.17, 15) is 0 Å². The van der Waals surface area contributed by atoms with Gasteiger partial charge < -0.3 is 0 Å². The lowest BCUT2D eigenvalue weighted by atomic mass is 9.82. The van der Waals surface area contributed by atoms with Gasteiger partial charge in [0.05, 0.1) is 0 Å². The van der Waals surface area contributed by atoms with E-state index in [0.717, 1.165) is 0 Å². The molecule has 0 aliphatic heterocycles. The molecular formula is C14H22. The van der Waals surface area contributed by atoms with E-state index in [2.05, 4.69) is 52.0 Å². The number of benzene rings is 1. The van der Waals surface area contributed by atoms with Crippen molar-refractivity contribution in [3.8, 4) is 0 Å². The number of aryl methyl sites for hydroxylation is 1. The van der Waals surface area contributed by atoms with Crippen molar-refractivity contribution in [2.75, 3.05) is 0 Å². The second-order valence-electron chi connectivity index (χ2n) is 4.68. The van der Waals surface area contributed by atoms with E-state index in [4.69, 9.17) is 0 Å². The van der Waals surface area contributed by atoms with Gasteiger partial charge in [-0.2, -0.15) is 0 Å². The van der Waals surface area contributed by atoms with Crippen molar-refractivity contribution in [3.05, 3.63) is 35.4 Å². The highest BCUT2D eigenvalue weighted by molar-refractivity contribution is 5.28. The maximum absolute atomic E-state index is 2.31. The molecule has 0 aromatic heterocycles. The molecule has 0 atom stereocenters. The van der Waals surface area contributed by atoms with E-state index >= 15 is 0 Å². The van der Waals surface area contributed by atoms with Gasteiger partial charge in [-0.1, -0.05) is 58.4 Å². The highest BCUT2D eigenvalue weighted by Crippen LogP contribution is 2.26. The van der Waals surface area contributed by atoms with E-state index in [1.807, 2.05) is 0 Å². The molecule has 1 aromatic rings. The van der Waals surface area contributed by atoms with Crippen LogP contribution >= 0.6 is 0 Å². The van der Waals surface area contributed by atoms with E-state index in [1.165, 1.54) is 30.4 Å². The van der Waals surface area contributed by atoms with Crippen molar-refractivity contribution in [1.82, 2.24) is 0 Å². The van der Waals surface area contributed by atoms with Crippen LogP contribution in [0.25, 0.3) is 0 Å². The molecule has 0 N–H and O–H groups in total. The summed E-state index contributed by atoms with van der Waals surface area (Å²) in [4.78, 5) is 0. The zero-order valence-corrected chi connectivity index (χ0v) is 9.93. The van der Waals surface area contributed by atoms with Crippen LogP contribution in [0.3, 0.4) is 0 Å². The third kappa shape index (κ3) is 2.60. The van der Waals surface area contributed by atoms with Crippen molar-refractivity contribution in [1.29, 1.82) is 0 Å². The first kappa shape index (κ1) is 11.3. The van der Waals surface area contributed by atoms with E-state index in [1.54, 1.807) is 0 Å². The fourth-order valence-electron chi connectivity index (χ4n) is 1.62. The molecule has 0 heterocycles. The van der Waals surface area contributed by atoms with Crippen LogP contribution in [-0.4, -0.2) is 0 Å². The van der Waals surface area contributed by atoms with Gasteiger partial charge in [-0.25, -0.2) is 0 Å². The lowest BCUT2D eigenvalue weighted by Gasteiger charge is -2.23. The quantitative estimate of drug-likeness (QED) is 0.663. The molecule has 0 fully saturated rings. The van der Waals surface area contributed by atoms with Crippen molar-refractivity contribution in [2.24, 2.45) is 0 Å². The van der Waals surface area contributed by atoms with Crippen LogP contribution in [0.5, 0.6) is 0 Å². The molecule has 0 amide bonds. The highest BCUT2D eigenvalue weighted by atomic mass is 14.2. The standard InChI is InChI=1S/C14H22/c1-5-7-12-8-10-13(11-9-12)14(3,4)6-2/h8-11H,5-7H2,1-4H3. The molecule has 0 nitrogen and oxygen atoms in total. The third-order valence-corrected chi connectivity index (χ3v) is 3.16. The summed E-state index contributed by atoms with van der Waals surface area (Å²) in [5.74, 6) is 0. The molecule has 1 aromatic carbocycles. The maximum Gasteiger partial charge on any atom is -0.0106 e. The zero-order chi connectivity index (χ0) is 10.6. The van der Waals surface area contributed by atoms with Crippen LogP contribution in [0.2, 0.25) is 0 Å². The number of hydrogen-bond acceptors (Lipinski definition) is 0. The monoisotopic (exact) mass is 190 g/mol. The molecule has 0 saturated heterocycles. The molecule has 0 aliphatic carbocycles. The molecule has 78 valence electrons. The van der Waals surface area contributed by atoms with Crippen LogP contribution in [0.15, 0.2) is 24.3 Å². The van der Waals surface area contributed by atoms with Crippen LogP contribution in [0, 0.1) is 0 Å². The van der Waals surface area contributed by atoms with Crippen LogP contribution in [-0.2, 0) is 11.8 Å². The van der Waals surface area contributed by atoms with Crippen molar-refractivity contribution >= 4 is 0 Å². The summed E-state index contributed by atoms with van der Waals surface area (Å²) in [5, 5.41) is 0. The van der Waals surface area contributed by atoms with E-state index in [0.29, 0.717) is 5.41 Å². The van der Waals surface area contributed by atoms with E-state index < -0.39 is 0 Å². The minimum Gasteiger partial charge on any atom is -0.0651 e. The van der Waals surface area contributed by atoms with Crippen LogP contribution in [0.1, 0.15) is 51.7 Å². The average Bonchev–Trinajstić information content (AvgIpc) is 2.19. The Hall–Kier alpha value is -0.780. The molecule has 0 spiro atoms. The zero-order valence-electron chi connectivity index (χ0n) is 9.93. The van der Waals surface area contributed by atoms with Gasteiger partial charge >= 0.3 is 0 Å². The van der Waals surface area contributed by atoms with Crippen molar-refractivity contribution in [2.45, 2.75) is 52.4 Å². The van der Waals surface area contributed by atoms with E-state index in [-0.39, 0.29) is 0 Å². The minimum absolute atomic E-state index is 0.324. The summed E-state index contributed by atoms with van der Waals surface area (Å²) < 4.78 is 0. The summed E-state index contributed by atoms with van der Waals surface area (Å²) in [6.07, 6.45) is 3.63. The molecule has 0 heteroatoms. The Kier molecular flexibility index (Phi) is 3.74. The predicted molar refractivity (Wildman–Crippen MR) is 63.8 cm³/mol. The predicted octanol–water partition coefficient (Wildman–Crippen LogP) is 4.33. The summed E-state index contributed by atoms with van der Waals surface area (Å²) in [5.41, 5.74) is 3.24. The normalized spacial score (nSPS) is 11.7. The Bertz CT molecular complexity index is 267. The number of rotatable bonds is 4. The summed E-state index contributed by atoms with van der Waals surface area (Å²) in [6.45, 7) is 9.09. The minimum atomic E-state index is 0.324. The van der Waals surface area contributed by atoms with Gasteiger partial charge in [0.25, 0.3) is 0 Å². The van der Waals surface area contributed by atoms with Gasteiger partial charge in [-0.05, 0) is 29.4 Å². The van der Waals surface area contributed by atoms with Gasteiger partial charge in [0.15, 0.2) is 0 Å². The van der Waals surface area contributed by atoms with Gasteiger partial charge in [-0.15, -0.1) is 0 Å². The topological polar surface area (TPSA) is 0 Å². The average molecular weight is 190 g/mol. The second kappa shape index (κ2) is 4.63. The SMILES string of the molecule is CCCc1ccc(C(C)(C)CC)cc1. The Morgan fingerprint density at radius 3 is 2.00 bits per heavy atom. The lowest BCUT2D eigenvalue weighted by molar-refractivity contribution is 0.506.